The first-order valence-electron chi connectivity index (χ1n) is 13.2. The van der Waals surface area contributed by atoms with E-state index in [0.29, 0.717) is 56.5 Å². The molecule has 1 aliphatic heterocycles. The van der Waals surface area contributed by atoms with Crippen molar-refractivity contribution in [1.82, 2.24) is 14.7 Å². The molecular weight excluding hydrogens is 533 g/mol. The van der Waals surface area contributed by atoms with Crippen molar-refractivity contribution in [3.8, 4) is 11.5 Å². The van der Waals surface area contributed by atoms with Crippen molar-refractivity contribution in [2.24, 2.45) is 0 Å². The average Bonchev–Trinajstić information content (AvgIpc) is 3.39. The zero-order chi connectivity index (χ0) is 28.5. The van der Waals surface area contributed by atoms with Gasteiger partial charge in [-0.25, -0.2) is 4.39 Å². The Labute approximate surface area is 238 Å². The van der Waals surface area contributed by atoms with Crippen LogP contribution in [0.25, 0.3) is 0 Å². The minimum absolute atomic E-state index is 0.107. The number of carbonyl (C=O) groups is 2. The first-order valence-corrected chi connectivity index (χ1v) is 14.1. The zero-order valence-electron chi connectivity index (χ0n) is 23.2. The molecule has 2 aromatic carbocycles. The Kier molecular flexibility index (Phi) is 10.5. The highest BCUT2D eigenvalue weighted by atomic mass is 32.1. The minimum Gasteiger partial charge on any atom is -0.497 e. The van der Waals surface area contributed by atoms with E-state index in [4.69, 9.17) is 14.2 Å². The molecule has 0 spiro atoms. The Hall–Kier alpha value is -3.47. The molecule has 3 aromatic rings. The van der Waals surface area contributed by atoms with Crippen LogP contribution in [0.15, 0.2) is 53.9 Å². The first-order chi connectivity index (χ1) is 19.4. The number of benzene rings is 2. The van der Waals surface area contributed by atoms with Crippen LogP contribution in [0.1, 0.15) is 26.4 Å². The number of aryl methyl sites for hydroxylation is 1. The number of thiophene rings is 1. The van der Waals surface area contributed by atoms with Gasteiger partial charge in [0.25, 0.3) is 5.91 Å². The third-order valence-electron chi connectivity index (χ3n) is 6.98. The molecule has 0 radical (unpaired) electrons. The van der Waals surface area contributed by atoms with Crippen LogP contribution >= 0.6 is 11.3 Å². The molecule has 1 aromatic heterocycles. The Bertz CT molecular complexity index is 1280. The second-order valence-electron chi connectivity index (χ2n) is 9.65. The second-order valence-corrected chi connectivity index (χ2v) is 10.7. The molecule has 0 N–H and O–H groups in total. The van der Waals surface area contributed by atoms with Crippen molar-refractivity contribution in [3.63, 3.8) is 0 Å². The van der Waals surface area contributed by atoms with Crippen LogP contribution in [0.5, 0.6) is 11.5 Å². The van der Waals surface area contributed by atoms with Crippen LogP contribution in [0.3, 0.4) is 0 Å². The molecule has 2 amide bonds. The van der Waals surface area contributed by atoms with Gasteiger partial charge in [0.1, 0.15) is 23.9 Å². The van der Waals surface area contributed by atoms with Gasteiger partial charge in [0.05, 0.1) is 39.5 Å². The molecule has 8 nitrogen and oxygen atoms in total. The average molecular weight is 570 g/mol. The van der Waals surface area contributed by atoms with E-state index in [1.54, 1.807) is 58.6 Å². The third kappa shape index (κ3) is 7.80. The monoisotopic (exact) mass is 569 g/mol. The maximum atomic E-state index is 13.9. The summed E-state index contributed by atoms with van der Waals surface area (Å²) in [5, 5.41) is 2.00. The number of nitrogens with zero attached hydrogens (tertiary/aromatic N) is 3. The molecule has 0 atom stereocenters. The highest BCUT2D eigenvalue weighted by Crippen LogP contribution is 2.26. The van der Waals surface area contributed by atoms with E-state index in [1.807, 2.05) is 18.4 Å². The molecule has 2 heterocycles. The molecule has 0 unspecified atom stereocenters. The summed E-state index contributed by atoms with van der Waals surface area (Å²) in [6, 6.07) is 13.2. The topological polar surface area (TPSA) is 71.6 Å². The van der Waals surface area contributed by atoms with Crippen molar-refractivity contribution in [2.45, 2.75) is 20.0 Å². The van der Waals surface area contributed by atoms with Gasteiger partial charge in [-0.2, -0.15) is 0 Å². The lowest BCUT2D eigenvalue weighted by atomic mass is 10.1. The first kappa shape index (κ1) is 29.5. The molecule has 4 rings (SSSR count). The molecular formula is C30H36FN3O5S. The number of amides is 2. The van der Waals surface area contributed by atoms with Crippen molar-refractivity contribution in [2.75, 3.05) is 60.2 Å². The van der Waals surface area contributed by atoms with Gasteiger partial charge >= 0.3 is 0 Å². The molecule has 1 fully saturated rings. The number of hydrogen-bond donors (Lipinski definition) is 0. The third-order valence-corrected chi connectivity index (χ3v) is 7.99. The van der Waals surface area contributed by atoms with E-state index in [0.717, 1.165) is 29.1 Å². The van der Waals surface area contributed by atoms with Crippen LogP contribution in [0, 0.1) is 12.7 Å². The van der Waals surface area contributed by atoms with Crippen molar-refractivity contribution < 1.29 is 28.2 Å². The SMILES string of the molecule is COc1ccc(C(=O)N(CCN2CCOCC2)CC(=O)N(Cc2ccc(F)cc2)Cc2sccc2C)c(OC)c1. The number of morpholine rings is 1. The van der Waals surface area contributed by atoms with Crippen molar-refractivity contribution in [1.29, 1.82) is 0 Å². The summed E-state index contributed by atoms with van der Waals surface area (Å²) < 4.78 is 29.8. The van der Waals surface area contributed by atoms with Crippen LogP contribution < -0.4 is 9.47 Å². The smallest absolute Gasteiger partial charge is 0.258 e. The van der Waals surface area contributed by atoms with Gasteiger partial charge in [0, 0.05) is 43.7 Å². The quantitative estimate of drug-likeness (QED) is 0.326. The fourth-order valence-corrected chi connectivity index (χ4v) is 5.45. The Morgan fingerprint density at radius 2 is 1.75 bits per heavy atom. The van der Waals surface area contributed by atoms with E-state index >= 15 is 0 Å². The molecule has 0 saturated carbocycles. The van der Waals surface area contributed by atoms with Crippen LogP contribution in [-0.4, -0.2) is 86.7 Å². The van der Waals surface area contributed by atoms with Crippen molar-refractivity contribution >= 4 is 23.2 Å². The number of halogens is 1. The molecule has 40 heavy (non-hydrogen) atoms. The summed E-state index contributed by atoms with van der Waals surface area (Å²) in [5.41, 5.74) is 2.27. The molecule has 1 saturated heterocycles. The lowest BCUT2D eigenvalue weighted by Crippen LogP contribution is -2.47. The standard InChI is InChI=1S/C30H36FN3O5S/c1-22-10-17-40-28(22)20-34(19-23-4-6-24(31)7-5-23)29(35)21-33(12-11-32-13-15-39-16-14-32)30(36)26-9-8-25(37-2)18-27(26)38-3/h4-10,17-18H,11-16,19-21H2,1-3H3. The summed E-state index contributed by atoms with van der Waals surface area (Å²) in [6.45, 7) is 6.42. The largest absolute Gasteiger partial charge is 0.497 e. The van der Waals surface area contributed by atoms with E-state index in [-0.39, 0.29) is 24.2 Å². The van der Waals surface area contributed by atoms with Gasteiger partial charge in [-0.05, 0) is 53.8 Å². The lowest BCUT2D eigenvalue weighted by Gasteiger charge is -2.31. The summed E-state index contributed by atoms with van der Waals surface area (Å²) in [6.07, 6.45) is 0. The van der Waals surface area contributed by atoms with Crippen molar-refractivity contribution in [3.05, 3.63) is 81.3 Å². The van der Waals surface area contributed by atoms with E-state index in [1.165, 1.54) is 19.2 Å². The summed E-state index contributed by atoms with van der Waals surface area (Å²) in [4.78, 5) is 34.4. The number of rotatable bonds is 12. The maximum Gasteiger partial charge on any atom is 0.258 e. The Balaban J connectivity index is 1.58. The fourth-order valence-electron chi connectivity index (χ4n) is 4.53. The summed E-state index contributed by atoms with van der Waals surface area (Å²) >= 11 is 1.59. The van der Waals surface area contributed by atoms with Crippen LogP contribution in [-0.2, 0) is 22.6 Å². The maximum absolute atomic E-state index is 13.9. The normalized spacial score (nSPS) is 13.6. The molecule has 0 aliphatic carbocycles. The molecule has 0 bridgehead atoms. The molecule has 10 heteroatoms. The van der Waals surface area contributed by atoms with Gasteiger partial charge in [0.15, 0.2) is 0 Å². The second kappa shape index (κ2) is 14.2. The number of carbonyl (C=O) groups excluding carboxylic acids is 2. The Morgan fingerprint density at radius 3 is 2.40 bits per heavy atom. The number of methoxy groups -OCH3 is 2. The number of ether oxygens (including phenoxy) is 3. The highest BCUT2D eigenvalue weighted by Gasteiger charge is 2.26. The van der Waals surface area contributed by atoms with Gasteiger partial charge in [-0.3, -0.25) is 14.5 Å². The Morgan fingerprint density at radius 1 is 1.00 bits per heavy atom. The molecule has 1 aliphatic rings. The molecule has 214 valence electrons. The fraction of sp³-hybridized carbons (Fsp3) is 0.400. The van der Waals surface area contributed by atoms with E-state index in [9.17, 15) is 14.0 Å². The highest BCUT2D eigenvalue weighted by molar-refractivity contribution is 7.10. The lowest BCUT2D eigenvalue weighted by molar-refractivity contribution is -0.133. The van der Waals surface area contributed by atoms with E-state index in [2.05, 4.69) is 4.90 Å². The summed E-state index contributed by atoms with van der Waals surface area (Å²) in [5.74, 6) is 0.130. The number of hydrogen-bond acceptors (Lipinski definition) is 7. The zero-order valence-corrected chi connectivity index (χ0v) is 24.0. The van der Waals surface area contributed by atoms with Gasteiger partial charge in [-0.15, -0.1) is 11.3 Å². The van der Waals surface area contributed by atoms with E-state index < -0.39 is 0 Å². The van der Waals surface area contributed by atoms with Gasteiger partial charge < -0.3 is 24.0 Å². The predicted octanol–water partition coefficient (Wildman–Crippen LogP) is 4.22. The summed E-state index contributed by atoms with van der Waals surface area (Å²) in [7, 11) is 3.05. The van der Waals surface area contributed by atoms with Gasteiger partial charge in [-0.1, -0.05) is 12.1 Å². The van der Waals surface area contributed by atoms with Gasteiger partial charge in [0.2, 0.25) is 5.91 Å². The van der Waals surface area contributed by atoms with Crippen LogP contribution in [0.2, 0.25) is 0 Å². The minimum atomic E-state index is -0.330. The predicted molar refractivity (Wildman–Crippen MR) is 152 cm³/mol. The van der Waals surface area contributed by atoms with Crippen LogP contribution in [0.4, 0.5) is 4.39 Å².